The Hall–Kier alpha value is -2.62. The van der Waals surface area contributed by atoms with E-state index in [0.29, 0.717) is 11.8 Å². The molecule has 3 rings (SSSR count). The second-order valence-corrected chi connectivity index (χ2v) is 6.44. The van der Waals surface area contributed by atoms with Crippen LogP contribution in [0.25, 0.3) is 0 Å². The lowest BCUT2D eigenvalue weighted by molar-refractivity contribution is -0.154. The number of fused-ring (bicyclic) bond motifs is 1. The Balaban J connectivity index is 1.96. The highest BCUT2D eigenvalue weighted by Crippen LogP contribution is 2.35. The number of aliphatic carboxylic acids is 2. The minimum absolute atomic E-state index is 0.0751. The summed E-state index contributed by atoms with van der Waals surface area (Å²) in [5.41, 5.74) is 0.349. The van der Waals surface area contributed by atoms with E-state index in [2.05, 4.69) is 4.98 Å². The maximum atomic E-state index is 14.1. The number of hydrogen-bond acceptors (Lipinski definition) is 3. The number of carboxylic acids is 2. The van der Waals surface area contributed by atoms with Crippen LogP contribution in [0.5, 0.6) is 0 Å². The summed E-state index contributed by atoms with van der Waals surface area (Å²) in [6.07, 6.45) is -0.275. The summed E-state index contributed by atoms with van der Waals surface area (Å²) < 4.78 is 43.3. The van der Waals surface area contributed by atoms with Gasteiger partial charge in [0, 0.05) is 35.8 Å². The Morgan fingerprint density at radius 1 is 1.23 bits per heavy atom. The lowest BCUT2D eigenvalue weighted by Crippen LogP contribution is -2.26. The zero-order valence-electron chi connectivity index (χ0n) is 13.1. The van der Waals surface area contributed by atoms with Gasteiger partial charge in [0.1, 0.15) is 5.82 Å². The van der Waals surface area contributed by atoms with E-state index in [1.165, 1.54) is 4.57 Å². The second-order valence-electron chi connectivity index (χ2n) is 6.06. The van der Waals surface area contributed by atoms with Crippen LogP contribution in [0.15, 0.2) is 12.1 Å². The van der Waals surface area contributed by atoms with Crippen molar-refractivity contribution in [2.45, 2.75) is 25.3 Å². The van der Waals surface area contributed by atoms with Crippen molar-refractivity contribution in [2.75, 3.05) is 0 Å². The fourth-order valence-corrected chi connectivity index (χ4v) is 3.57. The normalized spacial score (nSPS) is 16.1. The number of halogens is 3. The highest BCUT2D eigenvalue weighted by Gasteiger charge is 2.34. The molecule has 0 saturated carbocycles. The van der Waals surface area contributed by atoms with Crippen LogP contribution in [-0.4, -0.2) is 31.7 Å². The van der Waals surface area contributed by atoms with E-state index in [-0.39, 0.29) is 29.9 Å². The summed E-state index contributed by atoms with van der Waals surface area (Å²) >= 11 is 5.13. The molecule has 0 unspecified atom stereocenters. The summed E-state index contributed by atoms with van der Waals surface area (Å²) in [6, 6.07) is 1.54. The van der Waals surface area contributed by atoms with Crippen LogP contribution in [0.3, 0.4) is 0 Å². The van der Waals surface area contributed by atoms with Crippen molar-refractivity contribution < 1.29 is 33.0 Å². The van der Waals surface area contributed by atoms with E-state index >= 15 is 0 Å². The molecule has 0 aliphatic carbocycles. The van der Waals surface area contributed by atoms with E-state index < -0.39 is 46.8 Å². The smallest absolute Gasteiger partial charge is 0.318 e. The Bertz CT molecular complexity index is 955. The van der Waals surface area contributed by atoms with Crippen LogP contribution in [-0.2, 0) is 29.0 Å². The molecule has 26 heavy (non-hydrogen) atoms. The van der Waals surface area contributed by atoms with Gasteiger partial charge in [0.05, 0.1) is 0 Å². The number of rotatable bonds is 5. The molecule has 10 heteroatoms. The number of aromatic amines is 1. The molecule has 1 atom stereocenters. The van der Waals surface area contributed by atoms with E-state index in [1.807, 2.05) is 0 Å². The van der Waals surface area contributed by atoms with Crippen LogP contribution in [0, 0.1) is 28.1 Å². The van der Waals surface area contributed by atoms with Gasteiger partial charge in [0.15, 0.2) is 22.3 Å². The first-order chi connectivity index (χ1) is 12.2. The Morgan fingerprint density at radius 3 is 2.46 bits per heavy atom. The molecule has 2 aromatic rings. The van der Waals surface area contributed by atoms with E-state index in [4.69, 9.17) is 22.4 Å². The number of nitrogens with zero attached hydrogens (tertiary/aromatic N) is 1. The summed E-state index contributed by atoms with van der Waals surface area (Å²) in [7, 11) is 0. The monoisotopic (exact) mass is 386 g/mol. The Kier molecular flexibility index (Phi) is 4.61. The molecule has 3 N–H and O–H groups in total. The van der Waals surface area contributed by atoms with Crippen LogP contribution in [0.1, 0.15) is 22.9 Å². The van der Waals surface area contributed by atoms with Gasteiger partial charge < -0.3 is 19.8 Å². The van der Waals surface area contributed by atoms with Crippen LogP contribution in [0.4, 0.5) is 13.2 Å². The Morgan fingerprint density at radius 2 is 1.85 bits per heavy atom. The first-order valence-corrected chi connectivity index (χ1v) is 8.01. The fourth-order valence-electron chi connectivity index (χ4n) is 3.26. The maximum Gasteiger partial charge on any atom is 0.318 e. The molecule has 1 aromatic heterocycles. The molecule has 0 radical (unpaired) electrons. The molecule has 2 heterocycles. The molecule has 0 amide bonds. The molecule has 1 aliphatic heterocycles. The minimum atomic E-state index is -1.69. The number of H-pyrrole nitrogens is 1. The lowest BCUT2D eigenvalue weighted by atomic mass is 9.94. The molecule has 138 valence electrons. The number of benzene rings is 1. The van der Waals surface area contributed by atoms with Crippen molar-refractivity contribution in [3.05, 3.63) is 51.3 Å². The fraction of sp³-hybridized carbons (Fsp3) is 0.312. The van der Waals surface area contributed by atoms with Gasteiger partial charge in [0.25, 0.3) is 0 Å². The largest absolute Gasteiger partial charge is 0.481 e. The van der Waals surface area contributed by atoms with Crippen LogP contribution < -0.4 is 0 Å². The van der Waals surface area contributed by atoms with Gasteiger partial charge >= 0.3 is 11.9 Å². The predicted molar refractivity (Wildman–Crippen MR) is 84.8 cm³/mol. The average molecular weight is 386 g/mol. The van der Waals surface area contributed by atoms with Gasteiger partial charge in [0.2, 0.25) is 0 Å². The minimum Gasteiger partial charge on any atom is -0.481 e. The SMILES string of the molecule is O=C(O)C(Cc1[nH]c(=S)n2c1C[C@@H](c1c(F)ccc(F)c1F)C2)C(=O)O. The standard InChI is InChI=1S/C16H13F3N2O4S/c17-8-1-2-9(18)13(19)12(8)6-3-11-10(20-16(26)21(11)5-6)4-7(14(22)23)15(24)25/h1-2,6-7H,3-5H2,(H,20,26)(H,22,23)(H,24,25)/t6-/m1/s1. The molecule has 6 nitrogen and oxygen atoms in total. The van der Waals surface area contributed by atoms with Gasteiger partial charge in [-0.2, -0.15) is 0 Å². The quantitative estimate of drug-likeness (QED) is 0.417. The average Bonchev–Trinajstić information content (AvgIpc) is 3.10. The number of aromatic nitrogens is 2. The summed E-state index contributed by atoms with van der Waals surface area (Å²) in [5.74, 6) is -8.75. The summed E-state index contributed by atoms with van der Waals surface area (Å²) in [4.78, 5) is 25.0. The second kappa shape index (κ2) is 6.60. The topological polar surface area (TPSA) is 95.3 Å². The molecule has 0 saturated heterocycles. The molecule has 0 spiro atoms. The first kappa shape index (κ1) is 18.2. The van der Waals surface area contributed by atoms with Crippen molar-refractivity contribution in [3.8, 4) is 0 Å². The van der Waals surface area contributed by atoms with Crippen LogP contribution in [0.2, 0.25) is 0 Å². The lowest BCUT2D eigenvalue weighted by Gasteiger charge is -2.13. The number of hydrogen-bond donors (Lipinski definition) is 3. The maximum absolute atomic E-state index is 14.1. The first-order valence-electron chi connectivity index (χ1n) is 7.60. The number of nitrogens with one attached hydrogen (secondary N) is 1. The van der Waals surface area contributed by atoms with Crippen molar-refractivity contribution in [2.24, 2.45) is 5.92 Å². The molecule has 1 aromatic carbocycles. The van der Waals surface area contributed by atoms with Crippen molar-refractivity contribution in [1.82, 2.24) is 9.55 Å². The van der Waals surface area contributed by atoms with E-state index in [1.54, 1.807) is 0 Å². The summed E-state index contributed by atoms with van der Waals surface area (Å²) in [5, 5.41) is 18.1. The molecule has 0 bridgehead atoms. The highest BCUT2D eigenvalue weighted by molar-refractivity contribution is 7.71. The van der Waals surface area contributed by atoms with Gasteiger partial charge in [-0.05, 0) is 30.8 Å². The zero-order valence-corrected chi connectivity index (χ0v) is 13.9. The Labute approximate surface area is 149 Å². The van der Waals surface area contributed by atoms with Gasteiger partial charge in [-0.25, -0.2) is 13.2 Å². The van der Waals surface area contributed by atoms with Gasteiger partial charge in [-0.15, -0.1) is 0 Å². The van der Waals surface area contributed by atoms with Gasteiger partial charge in [-0.3, -0.25) is 9.59 Å². The number of carbonyl (C=O) groups is 2. The third-order valence-corrected chi connectivity index (χ3v) is 4.83. The number of imidazole rings is 1. The highest BCUT2D eigenvalue weighted by atomic mass is 32.1. The molecular formula is C16H13F3N2O4S. The molecule has 1 aliphatic rings. The van der Waals surface area contributed by atoms with E-state index in [9.17, 15) is 22.8 Å². The summed E-state index contributed by atoms with van der Waals surface area (Å²) in [6.45, 7) is 0.0762. The van der Waals surface area contributed by atoms with E-state index in [0.717, 1.165) is 6.07 Å². The molecular weight excluding hydrogens is 373 g/mol. The van der Waals surface area contributed by atoms with Crippen LogP contribution >= 0.6 is 12.2 Å². The molecule has 0 fully saturated rings. The third-order valence-electron chi connectivity index (χ3n) is 4.51. The van der Waals surface area contributed by atoms with Crippen molar-refractivity contribution in [3.63, 3.8) is 0 Å². The zero-order chi connectivity index (χ0) is 19.2. The number of carboxylic acid groups (broad SMARTS) is 2. The third kappa shape index (κ3) is 3.00. The van der Waals surface area contributed by atoms with Gasteiger partial charge in [-0.1, -0.05) is 0 Å². The van der Waals surface area contributed by atoms with Crippen molar-refractivity contribution >= 4 is 24.2 Å². The predicted octanol–water partition coefficient (Wildman–Crippen LogP) is 2.63. The van der Waals surface area contributed by atoms with Crippen molar-refractivity contribution in [1.29, 1.82) is 0 Å².